The van der Waals surface area contributed by atoms with E-state index >= 15 is 0 Å². The summed E-state index contributed by atoms with van der Waals surface area (Å²) >= 11 is 0. The predicted octanol–water partition coefficient (Wildman–Crippen LogP) is 0.968. The number of carbonyl (C=O) groups excluding carboxylic acids is 3. The van der Waals surface area contributed by atoms with E-state index in [0.29, 0.717) is 0 Å². The van der Waals surface area contributed by atoms with Crippen LogP contribution in [0.15, 0.2) is 18.2 Å². The molecule has 1 aromatic rings. The minimum atomic E-state index is -1.09. The summed E-state index contributed by atoms with van der Waals surface area (Å²) in [7, 11) is 2.13. The van der Waals surface area contributed by atoms with E-state index in [1.165, 1.54) is 0 Å². The Bertz CT molecular complexity index is 481. The molecule has 0 amide bonds. The van der Waals surface area contributed by atoms with E-state index < -0.39 is 29.1 Å². The molecule has 17 heavy (non-hydrogen) atoms. The number of rotatable bonds is 3. The minimum Gasteiger partial charge on any atom is -0.465 e. The van der Waals surface area contributed by atoms with Crippen LogP contribution in [0, 0.1) is 5.82 Å². The molecule has 0 bridgehead atoms. The van der Waals surface area contributed by atoms with Crippen molar-refractivity contribution in [3.05, 3.63) is 35.1 Å². The highest BCUT2D eigenvalue weighted by molar-refractivity contribution is 6.40. The fraction of sp³-hybridized carbons (Fsp3) is 0.182. The van der Waals surface area contributed by atoms with E-state index in [4.69, 9.17) is 0 Å². The lowest BCUT2D eigenvalue weighted by molar-refractivity contribution is -0.135. The Morgan fingerprint density at radius 2 is 1.76 bits per heavy atom. The number of halogens is 1. The highest BCUT2D eigenvalue weighted by atomic mass is 19.1. The van der Waals surface area contributed by atoms with Gasteiger partial charge in [-0.25, -0.2) is 14.0 Å². The Labute approximate surface area is 96.1 Å². The normalized spacial score (nSPS) is 9.59. The standard InChI is InChI=1S/C11H9FO5/c1-16-10(14)7-5-6(3-4-8(7)12)9(13)11(15)17-2/h3-5H,1-2H3. The van der Waals surface area contributed by atoms with Crippen LogP contribution in [0.3, 0.4) is 0 Å². The molecule has 0 saturated heterocycles. The summed E-state index contributed by atoms with van der Waals surface area (Å²) in [4.78, 5) is 33.5. The van der Waals surface area contributed by atoms with Crippen molar-refractivity contribution in [2.45, 2.75) is 0 Å². The van der Waals surface area contributed by atoms with Gasteiger partial charge in [0, 0.05) is 5.56 Å². The lowest BCUT2D eigenvalue weighted by atomic mass is 10.1. The number of hydrogen-bond acceptors (Lipinski definition) is 5. The first-order valence-corrected chi connectivity index (χ1v) is 4.51. The molecule has 0 aromatic heterocycles. The fourth-order valence-electron chi connectivity index (χ4n) is 1.14. The van der Waals surface area contributed by atoms with Crippen molar-refractivity contribution >= 4 is 17.7 Å². The lowest BCUT2D eigenvalue weighted by Crippen LogP contribution is -2.17. The Hall–Kier alpha value is -2.24. The molecule has 1 aromatic carbocycles. The molecule has 0 N–H and O–H groups in total. The van der Waals surface area contributed by atoms with Gasteiger partial charge in [0.2, 0.25) is 0 Å². The summed E-state index contributed by atoms with van der Waals surface area (Å²) in [5.74, 6) is -3.81. The number of hydrogen-bond donors (Lipinski definition) is 0. The zero-order chi connectivity index (χ0) is 13.0. The maximum atomic E-state index is 13.2. The number of ketones is 1. The molecule has 0 aliphatic carbocycles. The van der Waals surface area contributed by atoms with Crippen molar-refractivity contribution in [2.24, 2.45) is 0 Å². The largest absolute Gasteiger partial charge is 0.465 e. The fourth-order valence-corrected chi connectivity index (χ4v) is 1.14. The topological polar surface area (TPSA) is 69.7 Å². The first-order chi connectivity index (χ1) is 8.01. The summed E-state index contributed by atoms with van der Waals surface area (Å²) in [5.41, 5.74) is -0.555. The zero-order valence-electron chi connectivity index (χ0n) is 9.15. The van der Waals surface area contributed by atoms with E-state index in [-0.39, 0.29) is 5.56 Å². The number of Topliss-reactive ketones (excluding diaryl/α,β-unsaturated/α-hetero) is 1. The van der Waals surface area contributed by atoms with Crippen molar-refractivity contribution in [3.63, 3.8) is 0 Å². The monoisotopic (exact) mass is 240 g/mol. The highest BCUT2D eigenvalue weighted by Crippen LogP contribution is 2.12. The number of ether oxygens (including phenoxy) is 2. The molecule has 0 spiro atoms. The second kappa shape index (κ2) is 5.20. The first kappa shape index (κ1) is 12.8. The lowest BCUT2D eigenvalue weighted by Gasteiger charge is -2.03. The molecule has 1 rings (SSSR count). The first-order valence-electron chi connectivity index (χ1n) is 4.51. The Morgan fingerprint density at radius 1 is 1.12 bits per heavy atom. The van der Waals surface area contributed by atoms with E-state index in [2.05, 4.69) is 9.47 Å². The van der Waals surface area contributed by atoms with Crippen LogP contribution in [-0.2, 0) is 14.3 Å². The summed E-state index contributed by atoms with van der Waals surface area (Å²) in [6.45, 7) is 0. The third-order valence-electron chi connectivity index (χ3n) is 2.00. The number of esters is 2. The van der Waals surface area contributed by atoms with Gasteiger partial charge < -0.3 is 9.47 Å². The quantitative estimate of drug-likeness (QED) is 0.447. The molecule has 0 radical (unpaired) electrons. The summed E-state index contributed by atoms with van der Waals surface area (Å²) in [5, 5.41) is 0. The van der Waals surface area contributed by atoms with Crippen molar-refractivity contribution in [1.29, 1.82) is 0 Å². The predicted molar refractivity (Wildman–Crippen MR) is 54.1 cm³/mol. The van der Waals surface area contributed by atoms with E-state index in [1.807, 2.05) is 0 Å². The van der Waals surface area contributed by atoms with Gasteiger partial charge in [0.05, 0.1) is 19.8 Å². The van der Waals surface area contributed by atoms with Gasteiger partial charge in [-0.1, -0.05) is 0 Å². The molecule has 5 nitrogen and oxygen atoms in total. The minimum absolute atomic E-state index is 0.140. The van der Waals surface area contributed by atoms with E-state index in [0.717, 1.165) is 32.4 Å². The van der Waals surface area contributed by atoms with Crippen LogP contribution in [-0.4, -0.2) is 31.9 Å². The smallest absolute Gasteiger partial charge is 0.379 e. The van der Waals surface area contributed by atoms with Gasteiger partial charge >= 0.3 is 11.9 Å². The molecule has 0 fully saturated rings. The summed E-state index contributed by atoms with van der Waals surface area (Å²) < 4.78 is 21.8. The second-order valence-electron chi connectivity index (χ2n) is 3.01. The number of methoxy groups -OCH3 is 2. The molecule has 0 aliphatic heterocycles. The third-order valence-corrected chi connectivity index (χ3v) is 2.00. The van der Waals surface area contributed by atoms with Gasteiger partial charge in [-0.05, 0) is 18.2 Å². The average Bonchev–Trinajstić information content (AvgIpc) is 2.36. The van der Waals surface area contributed by atoms with Gasteiger partial charge in [-0.3, -0.25) is 4.79 Å². The van der Waals surface area contributed by atoms with Gasteiger partial charge in [0.15, 0.2) is 0 Å². The van der Waals surface area contributed by atoms with Crippen LogP contribution in [0.25, 0.3) is 0 Å². The van der Waals surface area contributed by atoms with Gasteiger partial charge in [0.1, 0.15) is 5.82 Å². The van der Waals surface area contributed by atoms with Crippen molar-refractivity contribution in [3.8, 4) is 0 Å². The Morgan fingerprint density at radius 3 is 2.29 bits per heavy atom. The van der Waals surface area contributed by atoms with Gasteiger partial charge in [0.25, 0.3) is 5.78 Å². The van der Waals surface area contributed by atoms with Crippen LogP contribution in [0.4, 0.5) is 4.39 Å². The maximum Gasteiger partial charge on any atom is 0.379 e. The highest BCUT2D eigenvalue weighted by Gasteiger charge is 2.20. The summed E-state index contributed by atoms with van der Waals surface area (Å²) in [6.07, 6.45) is 0. The Kier molecular flexibility index (Phi) is 3.92. The van der Waals surface area contributed by atoms with Crippen LogP contribution in [0.1, 0.15) is 20.7 Å². The number of benzene rings is 1. The molecular formula is C11H9FO5. The van der Waals surface area contributed by atoms with Gasteiger partial charge in [-0.2, -0.15) is 0 Å². The van der Waals surface area contributed by atoms with Crippen molar-refractivity contribution in [1.82, 2.24) is 0 Å². The molecular weight excluding hydrogens is 231 g/mol. The van der Waals surface area contributed by atoms with Gasteiger partial charge in [-0.15, -0.1) is 0 Å². The molecule has 6 heteroatoms. The van der Waals surface area contributed by atoms with Crippen LogP contribution < -0.4 is 0 Å². The van der Waals surface area contributed by atoms with E-state index in [9.17, 15) is 18.8 Å². The number of carbonyl (C=O) groups is 3. The van der Waals surface area contributed by atoms with Crippen LogP contribution in [0.2, 0.25) is 0 Å². The molecule has 0 atom stereocenters. The maximum absolute atomic E-state index is 13.2. The van der Waals surface area contributed by atoms with Crippen molar-refractivity contribution in [2.75, 3.05) is 14.2 Å². The summed E-state index contributed by atoms with van der Waals surface area (Å²) in [6, 6.07) is 2.93. The zero-order valence-corrected chi connectivity index (χ0v) is 9.15. The Balaban J connectivity index is 3.17. The molecule has 90 valence electrons. The molecule has 0 aliphatic rings. The van der Waals surface area contributed by atoms with Crippen LogP contribution >= 0.6 is 0 Å². The van der Waals surface area contributed by atoms with Crippen LogP contribution in [0.5, 0.6) is 0 Å². The average molecular weight is 240 g/mol. The molecule has 0 heterocycles. The van der Waals surface area contributed by atoms with E-state index in [1.54, 1.807) is 0 Å². The van der Waals surface area contributed by atoms with Crippen molar-refractivity contribution < 1.29 is 28.2 Å². The third kappa shape index (κ3) is 2.66. The second-order valence-corrected chi connectivity index (χ2v) is 3.01. The molecule has 0 saturated carbocycles. The molecule has 0 unspecified atom stereocenters. The SMILES string of the molecule is COC(=O)C(=O)c1ccc(F)c(C(=O)OC)c1.